The maximum atomic E-state index is 12.4. The number of nitrogens with zero attached hydrogens (tertiary/aromatic N) is 1. The Morgan fingerprint density at radius 2 is 1.91 bits per heavy atom. The number of pyridine rings is 1. The third-order valence-electron chi connectivity index (χ3n) is 5.23. The van der Waals surface area contributed by atoms with Gasteiger partial charge in [-0.3, -0.25) is 9.59 Å². The molecule has 0 unspecified atom stereocenters. The number of amides is 2. The number of thioether (sulfide) groups is 1. The zero-order valence-corrected chi connectivity index (χ0v) is 19.7. The average Bonchev–Trinajstić information content (AvgIpc) is 3.31. The van der Waals surface area contributed by atoms with Crippen LogP contribution >= 0.6 is 11.8 Å². The Kier molecular flexibility index (Phi) is 7.54. The van der Waals surface area contributed by atoms with Crippen LogP contribution in [0.3, 0.4) is 0 Å². The maximum Gasteiger partial charge on any atom is 0.279 e. The SMILES string of the molecule is COc1ccc(CCOc2cccc(-c3cccc(NC(=O)[C@@H]4CSC(=O)N4)c3)n2)cc1OC. The summed E-state index contributed by atoms with van der Waals surface area (Å²) in [5.74, 6) is 2.07. The number of ether oxygens (including phenoxy) is 3. The van der Waals surface area contributed by atoms with E-state index in [0.29, 0.717) is 41.8 Å². The van der Waals surface area contributed by atoms with Gasteiger partial charge in [0.15, 0.2) is 11.5 Å². The summed E-state index contributed by atoms with van der Waals surface area (Å²) in [6, 6.07) is 18.2. The van der Waals surface area contributed by atoms with Gasteiger partial charge in [0.2, 0.25) is 11.8 Å². The van der Waals surface area contributed by atoms with Crippen LogP contribution in [-0.2, 0) is 11.2 Å². The molecular weight excluding hydrogens is 454 g/mol. The van der Waals surface area contributed by atoms with E-state index in [-0.39, 0.29) is 11.1 Å². The lowest BCUT2D eigenvalue weighted by Gasteiger charge is -2.12. The fourth-order valence-electron chi connectivity index (χ4n) is 3.48. The van der Waals surface area contributed by atoms with Gasteiger partial charge in [-0.15, -0.1) is 0 Å². The fourth-order valence-corrected chi connectivity index (χ4v) is 4.26. The minimum Gasteiger partial charge on any atom is -0.493 e. The lowest BCUT2D eigenvalue weighted by molar-refractivity contribution is -0.117. The van der Waals surface area contributed by atoms with Crippen LogP contribution in [0.25, 0.3) is 11.3 Å². The van der Waals surface area contributed by atoms with Gasteiger partial charge < -0.3 is 24.8 Å². The minimum atomic E-state index is -0.526. The van der Waals surface area contributed by atoms with Gasteiger partial charge in [0.25, 0.3) is 5.24 Å². The number of rotatable bonds is 9. The molecule has 0 radical (unpaired) electrons. The topological polar surface area (TPSA) is 98.8 Å². The standard InChI is InChI=1S/C25H25N3O5S/c1-31-21-10-9-16(13-22(21)32-2)11-12-33-23-8-4-7-19(27-23)17-5-3-6-18(14-17)26-24(29)20-15-34-25(30)28-20/h3-10,13-14,20H,11-12,15H2,1-2H3,(H,26,29)(H,28,30)/t20-/m0/s1. The van der Waals surface area contributed by atoms with E-state index in [2.05, 4.69) is 15.6 Å². The summed E-state index contributed by atoms with van der Waals surface area (Å²) in [7, 11) is 3.22. The van der Waals surface area contributed by atoms with Gasteiger partial charge in [-0.2, -0.15) is 0 Å². The molecule has 2 amide bonds. The number of benzene rings is 2. The van der Waals surface area contributed by atoms with E-state index in [0.717, 1.165) is 28.6 Å². The Morgan fingerprint density at radius 1 is 1.09 bits per heavy atom. The van der Waals surface area contributed by atoms with Crippen molar-refractivity contribution in [2.45, 2.75) is 12.5 Å². The van der Waals surface area contributed by atoms with Crippen molar-refractivity contribution in [2.24, 2.45) is 0 Å². The van der Waals surface area contributed by atoms with E-state index in [1.165, 1.54) is 0 Å². The molecule has 176 valence electrons. The first-order valence-electron chi connectivity index (χ1n) is 10.7. The summed E-state index contributed by atoms with van der Waals surface area (Å²) in [6.07, 6.45) is 0.684. The molecule has 2 heterocycles. The minimum absolute atomic E-state index is 0.180. The highest BCUT2D eigenvalue weighted by Crippen LogP contribution is 2.28. The van der Waals surface area contributed by atoms with E-state index >= 15 is 0 Å². The second-order valence-electron chi connectivity index (χ2n) is 7.51. The molecule has 8 nitrogen and oxygen atoms in total. The predicted octanol–water partition coefficient (Wildman–Crippen LogP) is 4.15. The summed E-state index contributed by atoms with van der Waals surface area (Å²) >= 11 is 1.11. The van der Waals surface area contributed by atoms with Crippen molar-refractivity contribution in [2.75, 3.05) is 31.9 Å². The Bertz CT molecular complexity index is 1190. The van der Waals surface area contributed by atoms with Crippen molar-refractivity contribution in [3.05, 3.63) is 66.2 Å². The second-order valence-corrected chi connectivity index (χ2v) is 8.51. The van der Waals surface area contributed by atoms with Crippen LogP contribution in [0, 0.1) is 0 Å². The first kappa shape index (κ1) is 23.4. The summed E-state index contributed by atoms with van der Waals surface area (Å²) in [5.41, 5.74) is 3.27. The van der Waals surface area contributed by atoms with Gasteiger partial charge in [-0.05, 0) is 35.9 Å². The van der Waals surface area contributed by atoms with Gasteiger partial charge in [0.1, 0.15) is 6.04 Å². The van der Waals surface area contributed by atoms with Crippen molar-refractivity contribution >= 4 is 28.6 Å². The molecule has 0 saturated carbocycles. The van der Waals surface area contributed by atoms with Gasteiger partial charge in [-0.1, -0.05) is 36.0 Å². The van der Waals surface area contributed by atoms with Crippen LogP contribution in [0.5, 0.6) is 17.4 Å². The fraction of sp³-hybridized carbons (Fsp3) is 0.240. The number of carbonyl (C=O) groups is 2. The molecule has 0 spiro atoms. The summed E-state index contributed by atoms with van der Waals surface area (Å²) in [4.78, 5) is 28.3. The van der Waals surface area contributed by atoms with E-state index in [1.54, 1.807) is 20.3 Å². The number of hydrogen-bond acceptors (Lipinski definition) is 7. The van der Waals surface area contributed by atoms with E-state index < -0.39 is 6.04 Å². The van der Waals surface area contributed by atoms with Crippen LogP contribution < -0.4 is 24.8 Å². The molecule has 2 N–H and O–H groups in total. The highest BCUT2D eigenvalue weighted by Gasteiger charge is 2.28. The largest absolute Gasteiger partial charge is 0.493 e. The van der Waals surface area contributed by atoms with E-state index in [4.69, 9.17) is 14.2 Å². The molecule has 1 aromatic heterocycles. The predicted molar refractivity (Wildman–Crippen MR) is 132 cm³/mol. The van der Waals surface area contributed by atoms with Crippen molar-refractivity contribution < 1.29 is 23.8 Å². The molecule has 4 rings (SSSR count). The van der Waals surface area contributed by atoms with Gasteiger partial charge in [0, 0.05) is 29.5 Å². The zero-order valence-electron chi connectivity index (χ0n) is 18.9. The first-order valence-corrected chi connectivity index (χ1v) is 11.7. The summed E-state index contributed by atoms with van der Waals surface area (Å²) in [6.45, 7) is 0.452. The molecule has 1 saturated heterocycles. The average molecular weight is 480 g/mol. The lowest BCUT2D eigenvalue weighted by Crippen LogP contribution is -2.38. The molecular formula is C25H25N3O5S. The maximum absolute atomic E-state index is 12.4. The third-order valence-corrected chi connectivity index (χ3v) is 6.11. The Balaban J connectivity index is 1.38. The molecule has 1 aliphatic heterocycles. The van der Waals surface area contributed by atoms with Crippen LogP contribution in [0.4, 0.5) is 10.5 Å². The van der Waals surface area contributed by atoms with Gasteiger partial charge >= 0.3 is 0 Å². The molecule has 0 aliphatic carbocycles. The summed E-state index contributed by atoms with van der Waals surface area (Å²) in [5, 5.41) is 5.32. The Labute approximate surface area is 202 Å². The van der Waals surface area contributed by atoms with Crippen LogP contribution in [-0.4, -0.2) is 48.8 Å². The van der Waals surface area contributed by atoms with E-state index in [9.17, 15) is 9.59 Å². The second kappa shape index (κ2) is 10.9. The molecule has 2 aromatic carbocycles. The van der Waals surface area contributed by atoms with Crippen molar-refractivity contribution in [3.63, 3.8) is 0 Å². The first-order chi connectivity index (χ1) is 16.6. The highest BCUT2D eigenvalue weighted by molar-refractivity contribution is 8.14. The lowest BCUT2D eigenvalue weighted by atomic mass is 10.1. The Hall–Kier alpha value is -3.72. The molecule has 1 aliphatic rings. The van der Waals surface area contributed by atoms with Crippen LogP contribution in [0.2, 0.25) is 0 Å². The van der Waals surface area contributed by atoms with Crippen molar-refractivity contribution in [3.8, 4) is 28.6 Å². The van der Waals surface area contributed by atoms with Crippen LogP contribution in [0.1, 0.15) is 5.56 Å². The number of aromatic nitrogens is 1. The molecule has 34 heavy (non-hydrogen) atoms. The quantitative estimate of drug-likeness (QED) is 0.476. The third kappa shape index (κ3) is 5.79. The molecule has 1 fully saturated rings. The van der Waals surface area contributed by atoms with Gasteiger partial charge in [0.05, 0.1) is 26.5 Å². The van der Waals surface area contributed by atoms with Crippen LogP contribution in [0.15, 0.2) is 60.7 Å². The highest BCUT2D eigenvalue weighted by atomic mass is 32.2. The number of methoxy groups -OCH3 is 2. The van der Waals surface area contributed by atoms with Gasteiger partial charge in [-0.25, -0.2) is 4.98 Å². The number of hydrogen-bond donors (Lipinski definition) is 2. The molecule has 9 heteroatoms. The smallest absolute Gasteiger partial charge is 0.279 e. The zero-order chi connectivity index (χ0) is 23.9. The number of carbonyl (C=O) groups excluding carboxylic acids is 2. The summed E-state index contributed by atoms with van der Waals surface area (Å²) < 4.78 is 16.5. The molecule has 0 bridgehead atoms. The molecule has 1 atom stereocenters. The van der Waals surface area contributed by atoms with Crippen molar-refractivity contribution in [1.29, 1.82) is 0 Å². The monoisotopic (exact) mass is 479 g/mol. The normalized spacial score (nSPS) is 14.9. The van der Waals surface area contributed by atoms with Crippen molar-refractivity contribution in [1.82, 2.24) is 10.3 Å². The van der Waals surface area contributed by atoms with E-state index in [1.807, 2.05) is 54.6 Å². The number of anilines is 1. The number of nitrogens with one attached hydrogen (secondary N) is 2. The Morgan fingerprint density at radius 3 is 2.68 bits per heavy atom. The molecule has 3 aromatic rings.